The fourth-order valence-corrected chi connectivity index (χ4v) is 6.55. The lowest BCUT2D eigenvalue weighted by Crippen LogP contribution is -2.74. The summed E-state index contributed by atoms with van der Waals surface area (Å²) in [7, 11) is 0. The predicted octanol–water partition coefficient (Wildman–Crippen LogP) is 4.82. The number of anilines is 1. The van der Waals surface area contributed by atoms with E-state index in [9.17, 15) is 0 Å². The number of fused-ring (bicyclic) bond motifs is 2. The SMILES string of the molecule is C[C@@H]1CC[C@@H]2[C@]34OO[C@](C)(CC[C@@H]13)O[C@H]4OC(Nc1ccccc1)[C@@]2(C)Br. The fraction of sp³-hybridized carbons (Fsp3) is 0.714. The van der Waals surface area contributed by atoms with Gasteiger partial charge in [0.05, 0.1) is 4.32 Å². The monoisotopic (exact) mass is 437 g/mol. The Bertz CT molecular complexity index is 715. The van der Waals surface area contributed by atoms with E-state index in [0.29, 0.717) is 11.8 Å². The summed E-state index contributed by atoms with van der Waals surface area (Å²) in [5.74, 6) is 0.394. The predicted molar refractivity (Wildman–Crippen MR) is 105 cm³/mol. The summed E-state index contributed by atoms with van der Waals surface area (Å²) in [6, 6.07) is 10.2. The first-order valence-electron chi connectivity index (χ1n) is 10.1. The van der Waals surface area contributed by atoms with Gasteiger partial charge in [-0.3, -0.25) is 0 Å². The van der Waals surface area contributed by atoms with Crippen molar-refractivity contribution in [2.24, 2.45) is 17.8 Å². The third-order valence-electron chi connectivity index (χ3n) is 7.24. The van der Waals surface area contributed by atoms with E-state index in [-0.39, 0.29) is 16.5 Å². The van der Waals surface area contributed by atoms with Crippen LogP contribution in [-0.4, -0.2) is 28.2 Å². The number of para-hydroxylation sites is 1. The van der Waals surface area contributed by atoms with Crippen LogP contribution < -0.4 is 5.32 Å². The Hall–Kier alpha value is -0.660. The van der Waals surface area contributed by atoms with Gasteiger partial charge in [-0.1, -0.05) is 41.1 Å². The molecule has 1 aromatic rings. The number of ether oxygens (including phenoxy) is 2. The van der Waals surface area contributed by atoms with Gasteiger partial charge in [0.15, 0.2) is 11.9 Å². The minimum absolute atomic E-state index is 0.216. The summed E-state index contributed by atoms with van der Waals surface area (Å²) in [5.41, 5.74) is 0.466. The minimum Gasteiger partial charge on any atom is -0.359 e. The zero-order valence-electron chi connectivity index (χ0n) is 16.1. The summed E-state index contributed by atoms with van der Waals surface area (Å²) in [5, 5.41) is 3.56. The van der Waals surface area contributed by atoms with Crippen LogP contribution in [0.25, 0.3) is 0 Å². The van der Waals surface area contributed by atoms with Gasteiger partial charge < -0.3 is 14.8 Å². The highest BCUT2D eigenvalue weighted by atomic mass is 79.9. The maximum atomic E-state index is 6.58. The zero-order chi connectivity index (χ0) is 18.9. The van der Waals surface area contributed by atoms with Gasteiger partial charge in [-0.15, -0.1) is 0 Å². The molecule has 27 heavy (non-hydrogen) atoms. The number of rotatable bonds is 2. The largest absolute Gasteiger partial charge is 0.359 e. The molecule has 1 N–H and O–H groups in total. The molecule has 4 aliphatic heterocycles. The lowest BCUT2D eigenvalue weighted by Gasteiger charge is -2.62. The second-order valence-corrected chi connectivity index (χ2v) is 10.7. The number of nitrogens with one attached hydrogen (secondary N) is 1. The van der Waals surface area contributed by atoms with E-state index >= 15 is 0 Å². The average Bonchev–Trinajstić information content (AvgIpc) is 2.86. The third-order valence-corrected chi connectivity index (χ3v) is 8.21. The van der Waals surface area contributed by atoms with Crippen LogP contribution >= 0.6 is 15.9 Å². The highest BCUT2D eigenvalue weighted by Gasteiger charge is 2.72. The van der Waals surface area contributed by atoms with Crippen molar-refractivity contribution >= 4 is 21.6 Å². The Morgan fingerprint density at radius 3 is 2.63 bits per heavy atom. The summed E-state index contributed by atoms with van der Waals surface area (Å²) >= 11 is 4.04. The van der Waals surface area contributed by atoms with E-state index in [1.54, 1.807) is 0 Å². The highest BCUT2D eigenvalue weighted by molar-refractivity contribution is 9.10. The first-order chi connectivity index (χ1) is 12.9. The van der Waals surface area contributed by atoms with Crippen LogP contribution in [0.4, 0.5) is 5.69 Å². The van der Waals surface area contributed by atoms with E-state index in [2.05, 4.69) is 47.2 Å². The second-order valence-electron chi connectivity index (χ2n) is 9.03. The first kappa shape index (κ1) is 18.4. The molecule has 8 atom stereocenters. The standard InChI is InChI=1S/C21H28BrNO4/c1-13-9-10-16-20(3,22)17(23-14-7-5-4-6-8-14)24-18-21(16)15(13)11-12-19(2,25-18)26-27-21/h4-8,13,15-18,23H,9-12H2,1-3H3/t13-,15+,16+,17?,18-,19-,20+,21-/m1/s1. The van der Waals surface area contributed by atoms with E-state index in [1.807, 2.05) is 25.1 Å². The van der Waals surface area contributed by atoms with Gasteiger partial charge in [0.25, 0.3) is 0 Å². The van der Waals surface area contributed by atoms with Gasteiger partial charge in [-0.05, 0) is 57.1 Å². The molecule has 1 unspecified atom stereocenters. The third kappa shape index (κ3) is 2.64. The van der Waals surface area contributed by atoms with Gasteiger partial charge >= 0.3 is 0 Å². The lowest BCUT2D eigenvalue weighted by molar-refractivity contribution is -0.568. The van der Waals surface area contributed by atoms with Crippen molar-refractivity contribution < 1.29 is 19.2 Å². The Kier molecular flexibility index (Phi) is 4.20. The molecule has 4 saturated heterocycles. The molecule has 148 valence electrons. The normalized spacial score (nSPS) is 51.3. The van der Waals surface area contributed by atoms with Gasteiger partial charge in [0.2, 0.25) is 5.79 Å². The number of halogens is 1. The maximum absolute atomic E-state index is 6.58. The van der Waals surface area contributed by atoms with Crippen LogP contribution in [0.5, 0.6) is 0 Å². The van der Waals surface area contributed by atoms with Crippen LogP contribution in [0, 0.1) is 17.8 Å². The molecule has 4 heterocycles. The first-order valence-corrected chi connectivity index (χ1v) is 10.8. The molecule has 5 aliphatic rings. The van der Waals surface area contributed by atoms with Gasteiger partial charge in [0, 0.05) is 18.0 Å². The van der Waals surface area contributed by atoms with E-state index < -0.39 is 17.7 Å². The van der Waals surface area contributed by atoms with Crippen LogP contribution in [-0.2, 0) is 19.2 Å². The second kappa shape index (κ2) is 6.17. The summed E-state index contributed by atoms with van der Waals surface area (Å²) in [6.45, 7) is 6.50. The fourth-order valence-electron chi connectivity index (χ4n) is 5.74. The molecule has 1 aromatic carbocycles. The van der Waals surface area contributed by atoms with Crippen LogP contribution in [0.1, 0.15) is 46.5 Å². The van der Waals surface area contributed by atoms with E-state index in [0.717, 1.165) is 24.9 Å². The van der Waals surface area contributed by atoms with Crippen LogP contribution in [0.3, 0.4) is 0 Å². The summed E-state index contributed by atoms with van der Waals surface area (Å²) in [6.07, 6.45) is 3.42. The number of hydrogen-bond acceptors (Lipinski definition) is 5. The Morgan fingerprint density at radius 2 is 1.85 bits per heavy atom. The number of hydrogen-bond donors (Lipinski definition) is 1. The Balaban J connectivity index is 1.55. The molecule has 5 nitrogen and oxygen atoms in total. The summed E-state index contributed by atoms with van der Waals surface area (Å²) in [4.78, 5) is 12.1. The molecular weight excluding hydrogens is 410 g/mol. The molecule has 6 rings (SSSR count). The molecule has 5 fully saturated rings. The number of benzene rings is 1. The van der Waals surface area contributed by atoms with Crippen molar-refractivity contribution in [3.8, 4) is 0 Å². The average molecular weight is 438 g/mol. The van der Waals surface area contributed by atoms with Crippen molar-refractivity contribution in [1.82, 2.24) is 0 Å². The topological polar surface area (TPSA) is 49.0 Å². The lowest BCUT2D eigenvalue weighted by atomic mass is 9.58. The molecule has 6 heteroatoms. The highest BCUT2D eigenvalue weighted by Crippen LogP contribution is 2.63. The molecule has 1 spiro atoms. The molecule has 1 aliphatic carbocycles. The molecule has 0 aromatic heterocycles. The van der Waals surface area contributed by atoms with Crippen LogP contribution in [0.15, 0.2) is 30.3 Å². The molecule has 2 bridgehead atoms. The Labute approximate surface area is 169 Å². The molecular formula is C21H28BrNO4. The quantitative estimate of drug-likeness (QED) is 0.530. The van der Waals surface area contributed by atoms with Crippen molar-refractivity contribution in [2.45, 2.75) is 74.7 Å². The molecule has 1 saturated carbocycles. The zero-order valence-corrected chi connectivity index (χ0v) is 17.7. The van der Waals surface area contributed by atoms with E-state index in [4.69, 9.17) is 19.2 Å². The maximum Gasteiger partial charge on any atom is 0.201 e. The molecule has 0 amide bonds. The minimum atomic E-state index is -0.741. The number of alkyl halides is 1. The van der Waals surface area contributed by atoms with E-state index in [1.165, 1.54) is 6.42 Å². The van der Waals surface area contributed by atoms with Gasteiger partial charge in [0.1, 0.15) is 6.23 Å². The van der Waals surface area contributed by atoms with Gasteiger partial charge in [-0.2, -0.15) is 0 Å². The van der Waals surface area contributed by atoms with Crippen molar-refractivity contribution in [2.75, 3.05) is 5.32 Å². The molecule has 0 radical (unpaired) electrons. The van der Waals surface area contributed by atoms with Gasteiger partial charge in [-0.25, -0.2) is 9.78 Å². The van der Waals surface area contributed by atoms with Crippen LogP contribution in [0.2, 0.25) is 0 Å². The van der Waals surface area contributed by atoms with Crippen molar-refractivity contribution in [3.63, 3.8) is 0 Å². The van der Waals surface area contributed by atoms with Crippen molar-refractivity contribution in [3.05, 3.63) is 30.3 Å². The summed E-state index contributed by atoms with van der Waals surface area (Å²) < 4.78 is 12.7. The van der Waals surface area contributed by atoms with Crippen molar-refractivity contribution in [1.29, 1.82) is 0 Å². The smallest absolute Gasteiger partial charge is 0.201 e. The Morgan fingerprint density at radius 1 is 1.07 bits per heavy atom.